The normalized spacial score (nSPS) is 17.7. The van der Waals surface area contributed by atoms with Crippen molar-refractivity contribution in [3.63, 3.8) is 0 Å². The van der Waals surface area contributed by atoms with Crippen molar-refractivity contribution in [2.24, 2.45) is 0 Å². The zero-order valence-electron chi connectivity index (χ0n) is 21.9. The summed E-state index contributed by atoms with van der Waals surface area (Å²) >= 11 is 0. The number of rotatable bonds is 10. The molecule has 1 saturated carbocycles. The Kier molecular flexibility index (Phi) is 9.62. The van der Waals surface area contributed by atoms with Gasteiger partial charge in [0.05, 0.1) is 12.7 Å². The third-order valence-corrected chi connectivity index (χ3v) is 7.13. The highest BCUT2D eigenvalue weighted by Gasteiger charge is 2.27. The quantitative estimate of drug-likeness (QED) is 0.149. The first-order chi connectivity index (χ1) is 18.4. The standard InChI is InChI=1S/C32H34F4O2/c1-3-5-20-38-25-15-12-23(13-16-25)27-18-17-26(30(34)31(27)35)22-9-6-21(7-10-22)8-11-24-14-19-28(37-4-2)32(36)29(24)33/h6-11,14,17-19,23,25H,3-5,12-13,15-16,20H2,1-2H3/b11-8+. The maximum atomic E-state index is 15.1. The fraction of sp³-hybridized carbons (Fsp3) is 0.375. The molecule has 0 amide bonds. The molecule has 1 aliphatic rings. The molecule has 38 heavy (non-hydrogen) atoms. The predicted molar refractivity (Wildman–Crippen MR) is 144 cm³/mol. The van der Waals surface area contributed by atoms with E-state index < -0.39 is 23.3 Å². The minimum absolute atomic E-state index is 0.00933. The first kappa shape index (κ1) is 27.9. The summed E-state index contributed by atoms with van der Waals surface area (Å²) in [4.78, 5) is 0. The lowest BCUT2D eigenvalue weighted by molar-refractivity contribution is 0.0230. The van der Waals surface area contributed by atoms with Gasteiger partial charge in [-0.05, 0) is 73.8 Å². The number of hydrogen-bond acceptors (Lipinski definition) is 2. The summed E-state index contributed by atoms with van der Waals surface area (Å²) in [6.07, 6.45) is 8.72. The molecule has 0 spiro atoms. The van der Waals surface area contributed by atoms with Gasteiger partial charge in [-0.15, -0.1) is 0 Å². The molecule has 3 aromatic carbocycles. The molecular weight excluding hydrogens is 492 g/mol. The molecule has 202 valence electrons. The van der Waals surface area contributed by atoms with E-state index in [0.717, 1.165) is 45.1 Å². The second-order valence-electron chi connectivity index (χ2n) is 9.70. The lowest BCUT2D eigenvalue weighted by Crippen LogP contribution is -2.22. The van der Waals surface area contributed by atoms with Crippen molar-refractivity contribution in [1.82, 2.24) is 0 Å². The van der Waals surface area contributed by atoms with Crippen LogP contribution in [0.25, 0.3) is 23.3 Å². The first-order valence-electron chi connectivity index (χ1n) is 13.4. The average Bonchev–Trinajstić information content (AvgIpc) is 2.93. The van der Waals surface area contributed by atoms with Gasteiger partial charge >= 0.3 is 0 Å². The number of hydrogen-bond donors (Lipinski definition) is 0. The van der Waals surface area contributed by atoms with Gasteiger partial charge in [-0.25, -0.2) is 13.2 Å². The van der Waals surface area contributed by atoms with E-state index in [9.17, 15) is 8.78 Å². The van der Waals surface area contributed by atoms with E-state index in [1.165, 1.54) is 18.2 Å². The number of benzene rings is 3. The Morgan fingerprint density at radius 3 is 2.18 bits per heavy atom. The molecule has 1 fully saturated rings. The smallest absolute Gasteiger partial charge is 0.201 e. The van der Waals surface area contributed by atoms with Crippen molar-refractivity contribution in [3.8, 4) is 16.9 Å². The minimum Gasteiger partial charge on any atom is -0.491 e. The lowest BCUT2D eigenvalue weighted by atomic mass is 9.82. The lowest BCUT2D eigenvalue weighted by Gasteiger charge is -2.29. The van der Waals surface area contributed by atoms with Gasteiger partial charge in [-0.1, -0.05) is 61.9 Å². The molecule has 3 aromatic rings. The van der Waals surface area contributed by atoms with Crippen LogP contribution in [0, 0.1) is 23.3 Å². The Labute approximate surface area is 222 Å². The molecule has 0 heterocycles. The molecule has 0 radical (unpaired) electrons. The Morgan fingerprint density at radius 1 is 0.763 bits per heavy atom. The minimum atomic E-state index is -1.03. The number of halogens is 4. The highest BCUT2D eigenvalue weighted by Crippen LogP contribution is 2.38. The SMILES string of the molecule is CCCCOC1CCC(c2ccc(-c3ccc(/C=C/c4ccc(OCC)c(F)c4F)cc3)c(F)c2F)CC1. The summed E-state index contributed by atoms with van der Waals surface area (Å²) in [6.45, 7) is 4.82. The summed E-state index contributed by atoms with van der Waals surface area (Å²) in [6, 6.07) is 13.0. The molecule has 0 bridgehead atoms. The van der Waals surface area contributed by atoms with Gasteiger partial charge in [0.1, 0.15) is 0 Å². The van der Waals surface area contributed by atoms with Crippen molar-refractivity contribution in [2.75, 3.05) is 13.2 Å². The monoisotopic (exact) mass is 526 g/mol. The topological polar surface area (TPSA) is 18.5 Å². The van der Waals surface area contributed by atoms with Gasteiger partial charge in [0.15, 0.2) is 23.2 Å². The Balaban J connectivity index is 1.43. The molecule has 4 rings (SSSR count). The molecule has 0 saturated heterocycles. The van der Waals surface area contributed by atoms with Gasteiger partial charge in [0.2, 0.25) is 5.82 Å². The maximum Gasteiger partial charge on any atom is 0.201 e. The van der Waals surface area contributed by atoms with E-state index in [0.29, 0.717) is 16.7 Å². The summed E-state index contributed by atoms with van der Waals surface area (Å²) in [5.74, 6) is -3.78. The van der Waals surface area contributed by atoms with Crippen LogP contribution < -0.4 is 4.74 Å². The molecule has 0 N–H and O–H groups in total. The van der Waals surface area contributed by atoms with Gasteiger partial charge in [-0.2, -0.15) is 4.39 Å². The molecular formula is C32H34F4O2. The molecule has 1 aliphatic carbocycles. The van der Waals surface area contributed by atoms with Crippen LogP contribution in [0.2, 0.25) is 0 Å². The molecule has 2 nitrogen and oxygen atoms in total. The van der Waals surface area contributed by atoms with Crippen LogP contribution in [0.4, 0.5) is 17.6 Å². The first-order valence-corrected chi connectivity index (χ1v) is 13.4. The van der Waals surface area contributed by atoms with Crippen LogP contribution in [-0.4, -0.2) is 19.3 Å². The van der Waals surface area contributed by atoms with Gasteiger partial charge < -0.3 is 9.47 Å². The number of ether oxygens (including phenoxy) is 2. The van der Waals surface area contributed by atoms with Crippen molar-refractivity contribution in [2.45, 2.75) is 64.4 Å². The van der Waals surface area contributed by atoms with Gasteiger partial charge in [0.25, 0.3) is 0 Å². The fourth-order valence-corrected chi connectivity index (χ4v) is 4.94. The van der Waals surface area contributed by atoms with Gasteiger partial charge in [0, 0.05) is 17.7 Å². The van der Waals surface area contributed by atoms with E-state index in [1.807, 2.05) is 0 Å². The summed E-state index contributed by atoms with van der Waals surface area (Å²) < 4.78 is 69.6. The van der Waals surface area contributed by atoms with Crippen LogP contribution in [0.3, 0.4) is 0 Å². The molecule has 6 heteroatoms. The Morgan fingerprint density at radius 2 is 1.50 bits per heavy atom. The zero-order valence-corrected chi connectivity index (χ0v) is 21.9. The molecule has 0 atom stereocenters. The second kappa shape index (κ2) is 13.1. The largest absolute Gasteiger partial charge is 0.491 e. The maximum absolute atomic E-state index is 15.1. The summed E-state index contributed by atoms with van der Waals surface area (Å²) in [5.41, 5.74) is 1.95. The number of unbranched alkanes of at least 4 members (excludes halogenated alkanes) is 1. The third kappa shape index (κ3) is 6.47. The molecule has 0 unspecified atom stereocenters. The highest BCUT2D eigenvalue weighted by molar-refractivity contribution is 5.73. The van der Waals surface area contributed by atoms with Gasteiger partial charge in [-0.3, -0.25) is 0 Å². The Hall–Kier alpha value is -3.12. The summed E-state index contributed by atoms with van der Waals surface area (Å²) in [7, 11) is 0. The molecule has 0 aliphatic heterocycles. The van der Waals surface area contributed by atoms with E-state index in [2.05, 4.69) is 6.92 Å². The molecule has 0 aromatic heterocycles. The Bertz CT molecular complexity index is 1250. The van der Waals surface area contributed by atoms with E-state index in [4.69, 9.17) is 9.47 Å². The highest BCUT2D eigenvalue weighted by atomic mass is 19.2. The average molecular weight is 527 g/mol. The van der Waals surface area contributed by atoms with E-state index in [-0.39, 0.29) is 35.5 Å². The van der Waals surface area contributed by atoms with Crippen LogP contribution >= 0.6 is 0 Å². The zero-order chi connectivity index (χ0) is 27.1. The fourth-order valence-electron chi connectivity index (χ4n) is 4.94. The van der Waals surface area contributed by atoms with Crippen molar-refractivity contribution in [1.29, 1.82) is 0 Å². The second-order valence-corrected chi connectivity index (χ2v) is 9.70. The van der Waals surface area contributed by atoms with Crippen LogP contribution in [0.5, 0.6) is 5.75 Å². The van der Waals surface area contributed by atoms with Crippen LogP contribution in [0.1, 0.15) is 75.0 Å². The van der Waals surface area contributed by atoms with Crippen LogP contribution in [0.15, 0.2) is 48.5 Å². The van der Waals surface area contributed by atoms with Crippen molar-refractivity contribution in [3.05, 3.63) is 88.5 Å². The predicted octanol–water partition coefficient (Wildman–Crippen LogP) is 9.32. The summed E-state index contributed by atoms with van der Waals surface area (Å²) in [5, 5.41) is 0. The van der Waals surface area contributed by atoms with Crippen molar-refractivity contribution >= 4 is 12.2 Å². The van der Waals surface area contributed by atoms with Crippen molar-refractivity contribution < 1.29 is 27.0 Å². The van der Waals surface area contributed by atoms with E-state index >= 15 is 8.78 Å². The van der Waals surface area contributed by atoms with Crippen LogP contribution in [-0.2, 0) is 4.74 Å². The van der Waals surface area contributed by atoms with E-state index in [1.54, 1.807) is 49.4 Å². The third-order valence-electron chi connectivity index (χ3n) is 7.13.